The van der Waals surface area contributed by atoms with Crippen LogP contribution in [0.5, 0.6) is 5.75 Å². The summed E-state index contributed by atoms with van der Waals surface area (Å²) in [7, 11) is 3.77. The van der Waals surface area contributed by atoms with E-state index in [1.807, 2.05) is 25.1 Å². The fraction of sp³-hybridized carbons (Fsp3) is 0.571. The van der Waals surface area contributed by atoms with Crippen LogP contribution < -0.4 is 15.0 Å². The van der Waals surface area contributed by atoms with Gasteiger partial charge in [0.05, 0.1) is 13.7 Å². The number of ether oxygens (including phenoxy) is 2. The van der Waals surface area contributed by atoms with Gasteiger partial charge in [0.1, 0.15) is 5.75 Å². The first-order valence-corrected chi connectivity index (χ1v) is 6.41. The molecule has 0 aromatic heterocycles. The summed E-state index contributed by atoms with van der Waals surface area (Å²) in [4.78, 5) is 2.20. The van der Waals surface area contributed by atoms with Crippen molar-refractivity contribution in [3.05, 3.63) is 24.3 Å². The highest BCUT2D eigenvalue weighted by molar-refractivity contribution is 5.50. The highest BCUT2D eigenvalue weighted by Gasteiger charge is 2.01. The zero-order chi connectivity index (χ0) is 13.2. The van der Waals surface area contributed by atoms with Gasteiger partial charge in [0.15, 0.2) is 0 Å². The van der Waals surface area contributed by atoms with Crippen LogP contribution >= 0.6 is 0 Å². The largest absolute Gasteiger partial charge is 0.497 e. The molecule has 0 aliphatic rings. The molecule has 1 N–H and O–H groups in total. The topological polar surface area (TPSA) is 33.7 Å². The van der Waals surface area contributed by atoms with Gasteiger partial charge in [-0.25, -0.2) is 0 Å². The van der Waals surface area contributed by atoms with Crippen molar-refractivity contribution in [1.29, 1.82) is 0 Å². The third kappa shape index (κ3) is 5.38. The minimum absolute atomic E-state index is 0.777. The van der Waals surface area contributed by atoms with Crippen molar-refractivity contribution in [2.45, 2.75) is 6.92 Å². The average molecular weight is 252 g/mol. The molecule has 0 amide bonds. The Morgan fingerprint density at radius 2 is 2.11 bits per heavy atom. The minimum Gasteiger partial charge on any atom is -0.497 e. The molecule has 0 unspecified atom stereocenters. The van der Waals surface area contributed by atoms with Crippen molar-refractivity contribution in [2.24, 2.45) is 0 Å². The van der Waals surface area contributed by atoms with Gasteiger partial charge in [0.25, 0.3) is 0 Å². The van der Waals surface area contributed by atoms with Gasteiger partial charge in [-0.05, 0) is 19.1 Å². The van der Waals surface area contributed by atoms with Crippen LogP contribution in [0.3, 0.4) is 0 Å². The lowest BCUT2D eigenvalue weighted by Gasteiger charge is -2.20. The monoisotopic (exact) mass is 252 g/mol. The quantitative estimate of drug-likeness (QED) is 0.679. The molecule has 0 bridgehead atoms. The van der Waals surface area contributed by atoms with Crippen molar-refractivity contribution in [3.63, 3.8) is 0 Å². The average Bonchev–Trinajstić information content (AvgIpc) is 2.42. The van der Waals surface area contributed by atoms with Crippen LogP contribution in [0.1, 0.15) is 6.92 Å². The number of hydrogen-bond donors (Lipinski definition) is 1. The highest BCUT2D eigenvalue weighted by Crippen LogP contribution is 2.19. The van der Waals surface area contributed by atoms with E-state index in [1.165, 1.54) is 5.69 Å². The Labute approximate surface area is 110 Å². The molecule has 0 aliphatic carbocycles. The number of likely N-dealkylation sites (N-methyl/N-ethyl adjacent to an activating group) is 1. The molecule has 18 heavy (non-hydrogen) atoms. The summed E-state index contributed by atoms with van der Waals surface area (Å²) in [6, 6.07) is 8.09. The van der Waals surface area contributed by atoms with Crippen LogP contribution in [0.2, 0.25) is 0 Å². The molecule has 102 valence electrons. The molecule has 1 aromatic carbocycles. The van der Waals surface area contributed by atoms with E-state index >= 15 is 0 Å². The molecule has 1 rings (SSSR count). The predicted octanol–water partition coefficient (Wildman–Crippen LogP) is 1.76. The van der Waals surface area contributed by atoms with Gasteiger partial charge in [-0.1, -0.05) is 6.07 Å². The van der Waals surface area contributed by atoms with Crippen LogP contribution in [0.4, 0.5) is 5.69 Å². The lowest BCUT2D eigenvalue weighted by atomic mass is 10.3. The first-order valence-electron chi connectivity index (χ1n) is 6.41. The third-order valence-electron chi connectivity index (χ3n) is 2.75. The summed E-state index contributed by atoms with van der Waals surface area (Å²) in [5.74, 6) is 0.892. The molecule has 4 nitrogen and oxygen atoms in total. The van der Waals surface area contributed by atoms with Crippen molar-refractivity contribution >= 4 is 5.69 Å². The number of nitrogens with one attached hydrogen (secondary N) is 1. The van der Waals surface area contributed by atoms with Crippen LogP contribution in [0.15, 0.2) is 24.3 Å². The number of nitrogens with zero attached hydrogens (tertiary/aromatic N) is 1. The summed E-state index contributed by atoms with van der Waals surface area (Å²) in [6.07, 6.45) is 0. The zero-order valence-electron chi connectivity index (χ0n) is 11.6. The van der Waals surface area contributed by atoms with Crippen molar-refractivity contribution in [2.75, 3.05) is 51.9 Å². The lowest BCUT2D eigenvalue weighted by Crippen LogP contribution is -2.31. The van der Waals surface area contributed by atoms with Crippen molar-refractivity contribution < 1.29 is 9.47 Å². The van der Waals surface area contributed by atoms with Crippen molar-refractivity contribution in [3.8, 4) is 5.75 Å². The van der Waals surface area contributed by atoms with E-state index < -0.39 is 0 Å². The second-order valence-electron chi connectivity index (χ2n) is 4.07. The second-order valence-corrected chi connectivity index (χ2v) is 4.07. The SMILES string of the molecule is CCOCCNCCN(C)c1cccc(OC)c1. The Morgan fingerprint density at radius 1 is 1.28 bits per heavy atom. The molecular weight excluding hydrogens is 228 g/mol. The van der Waals surface area contributed by atoms with E-state index in [2.05, 4.69) is 23.3 Å². The first-order chi connectivity index (χ1) is 8.77. The van der Waals surface area contributed by atoms with Gasteiger partial charge >= 0.3 is 0 Å². The summed E-state index contributed by atoms with van der Waals surface area (Å²) >= 11 is 0. The van der Waals surface area contributed by atoms with Gasteiger partial charge in [0, 0.05) is 45.0 Å². The van der Waals surface area contributed by atoms with Crippen LogP contribution in [-0.2, 0) is 4.74 Å². The normalized spacial score (nSPS) is 10.4. The number of anilines is 1. The number of methoxy groups -OCH3 is 1. The van der Waals surface area contributed by atoms with Crippen molar-refractivity contribution in [1.82, 2.24) is 5.32 Å². The zero-order valence-corrected chi connectivity index (χ0v) is 11.6. The summed E-state index contributed by atoms with van der Waals surface area (Å²) in [5, 5.41) is 3.35. The van der Waals surface area contributed by atoms with Crippen LogP contribution in [-0.4, -0.2) is 47.0 Å². The number of rotatable bonds is 9. The van der Waals surface area contributed by atoms with E-state index in [4.69, 9.17) is 9.47 Å². The summed E-state index contributed by atoms with van der Waals surface area (Å²) < 4.78 is 10.5. The molecule has 0 fully saturated rings. The highest BCUT2D eigenvalue weighted by atomic mass is 16.5. The van der Waals surface area contributed by atoms with Crippen LogP contribution in [0, 0.1) is 0 Å². The van der Waals surface area contributed by atoms with E-state index in [0.29, 0.717) is 0 Å². The van der Waals surface area contributed by atoms with Gasteiger partial charge < -0.3 is 19.7 Å². The molecular formula is C14H24N2O2. The molecule has 0 saturated carbocycles. The minimum atomic E-state index is 0.777. The smallest absolute Gasteiger partial charge is 0.120 e. The summed E-state index contributed by atoms with van der Waals surface area (Å²) in [6.45, 7) is 6.38. The Morgan fingerprint density at radius 3 is 2.83 bits per heavy atom. The fourth-order valence-electron chi connectivity index (χ4n) is 1.64. The molecule has 0 heterocycles. The number of hydrogen-bond acceptors (Lipinski definition) is 4. The number of benzene rings is 1. The fourth-order valence-corrected chi connectivity index (χ4v) is 1.64. The lowest BCUT2D eigenvalue weighted by molar-refractivity contribution is 0.149. The molecule has 0 aliphatic heterocycles. The Bertz CT molecular complexity index is 331. The first kappa shape index (κ1) is 14.8. The molecule has 0 radical (unpaired) electrons. The van der Waals surface area contributed by atoms with E-state index in [1.54, 1.807) is 7.11 Å². The maximum atomic E-state index is 5.26. The van der Waals surface area contributed by atoms with Gasteiger partial charge in [-0.2, -0.15) is 0 Å². The van der Waals surface area contributed by atoms with Gasteiger partial charge in [0.2, 0.25) is 0 Å². The Balaban J connectivity index is 2.25. The molecule has 4 heteroatoms. The van der Waals surface area contributed by atoms with Gasteiger partial charge in [-0.3, -0.25) is 0 Å². The standard InChI is InChI=1S/C14H24N2O2/c1-4-18-11-9-15-8-10-16(2)13-6-5-7-14(12-13)17-3/h5-7,12,15H,4,8-11H2,1-3H3. The Kier molecular flexibility index (Phi) is 7.22. The maximum absolute atomic E-state index is 5.26. The van der Waals surface area contributed by atoms with E-state index in [-0.39, 0.29) is 0 Å². The molecule has 0 atom stereocenters. The van der Waals surface area contributed by atoms with Gasteiger partial charge in [-0.15, -0.1) is 0 Å². The molecule has 0 spiro atoms. The van der Waals surface area contributed by atoms with E-state index in [0.717, 1.165) is 38.6 Å². The molecule has 0 saturated heterocycles. The summed E-state index contributed by atoms with van der Waals surface area (Å²) in [5.41, 5.74) is 1.17. The van der Waals surface area contributed by atoms with Crippen LogP contribution in [0.25, 0.3) is 0 Å². The van der Waals surface area contributed by atoms with E-state index in [9.17, 15) is 0 Å². The third-order valence-corrected chi connectivity index (χ3v) is 2.75. The predicted molar refractivity (Wildman–Crippen MR) is 75.6 cm³/mol. The Hall–Kier alpha value is -1.26. The molecule has 1 aromatic rings. The second kappa shape index (κ2) is 8.78. The maximum Gasteiger partial charge on any atom is 0.120 e.